The standard InChI is InChI=1S/C12H16O2/c1-4-5-9(2)11-8-10(14-3)6-7-12(11)13/h4-9,13H,1-3H3/b5-4+/t9-/m0/s1. The predicted molar refractivity (Wildman–Crippen MR) is 57.9 cm³/mol. The van der Waals surface area contributed by atoms with Gasteiger partial charge >= 0.3 is 0 Å². The lowest BCUT2D eigenvalue weighted by Gasteiger charge is -2.10. The molecule has 0 bridgehead atoms. The van der Waals surface area contributed by atoms with E-state index in [4.69, 9.17) is 4.74 Å². The molecule has 14 heavy (non-hydrogen) atoms. The second-order valence-electron chi connectivity index (χ2n) is 3.24. The van der Waals surface area contributed by atoms with Crippen molar-refractivity contribution in [1.29, 1.82) is 0 Å². The summed E-state index contributed by atoms with van der Waals surface area (Å²) >= 11 is 0. The van der Waals surface area contributed by atoms with E-state index in [0.29, 0.717) is 5.75 Å². The van der Waals surface area contributed by atoms with Crippen LogP contribution in [0.1, 0.15) is 25.3 Å². The average molecular weight is 192 g/mol. The highest BCUT2D eigenvalue weighted by Crippen LogP contribution is 2.30. The molecule has 0 amide bonds. The van der Waals surface area contributed by atoms with Crippen molar-refractivity contribution in [3.05, 3.63) is 35.9 Å². The van der Waals surface area contributed by atoms with Gasteiger partial charge in [-0.1, -0.05) is 19.1 Å². The summed E-state index contributed by atoms with van der Waals surface area (Å²) in [5, 5.41) is 9.64. The van der Waals surface area contributed by atoms with Gasteiger partial charge in [0.15, 0.2) is 0 Å². The smallest absolute Gasteiger partial charge is 0.119 e. The van der Waals surface area contributed by atoms with Gasteiger partial charge in [0.1, 0.15) is 11.5 Å². The highest BCUT2D eigenvalue weighted by Gasteiger charge is 2.08. The number of phenols is 1. The van der Waals surface area contributed by atoms with E-state index in [2.05, 4.69) is 0 Å². The lowest BCUT2D eigenvalue weighted by Crippen LogP contribution is -1.91. The highest BCUT2D eigenvalue weighted by molar-refractivity contribution is 5.42. The Kier molecular flexibility index (Phi) is 3.57. The van der Waals surface area contributed by atoms with E-state index in [1.807, 2.05) is 32.1 Å². The second-order valence-corrected chi connectivity index (χ2v) is 3.24. The van der Waals surface area contributed by atoms with Crippen molar-refractivity contribution in [2.45, 2.75) is 19.8 Å². The maximum absolute atomic E-state index is 9.64. The van der Waals surface area contributed by atoms with Crippen molar-refractivity contribution in [2.75, 3.05) is 7.11 Å². The molecule has 0 aromatic heterocycles. The molecule has 0 aliphatic carbocycles. The van der Waals surface area contributed by atoms with Gasteiger partial charge in [0.05, 0.1) is 7.11 Å². The van der Waals surface area contributed by atoms with Crippen LogP contribution in [0, 0.1) is 0 Å². The SMILES string of the molecule is C/C=C/[C@H](C)c1cc(OC)ccc1O. The van der Waals surface area contributed by atoms with Gasteiger partial charge in [0, 0.05) is 11.5 Å². The summed E-state index contributed by atoms with van der Waals surface area (Å²) < 4.78 is 5.10. The quantitative estimate of drug-likeness (QED) is 0.746. The molecule has 0 heterocycles. The Morgan fingerprint density at radius 2 is 2.14 bits per heavy atom. The minimum atomic E-state index is 0.204. The first kappa shape index (κ1) is 10.6. The summed E-state index contributed by atoms with van der Waals surface area (Å²) in [4.78, 5) is 0. The number of allylic oxidation sites excluding steroid dienone is 2. The van der Waals surface area contributed by atoms with Crippen LogP contribution in [0.15, 0.2) is 30.4 Å². The number of methoxy groups -OCH3 is 1. The highest BCUT2D eigenvalue weighted by atomic mass is 16.5. The molecule has 2 nitrogen and oxygen atoms in total. The number of phenolic OH excluding ortho intramolecular Hbond substituents is 1. The fourth-order valence-corrected chi connectivity index (χ4v) is 1.42. The number of hydrogen-bond acceptors (Lipinski definition) is 2. The fourth-order valence-electron chi connectivity index (χ4n) is 1.42. The fraction of sp³-hybridized carbons (Fsp3) is 0.333. The maximum Gasteiger partial charge on any atom is 0.119 e. The molecule has 0 fully saturated rings. The number of aromatic hydroxyl groups is 1. The molecule has 0 radical (unpaired) electrons. The molecule has 0 aliphatic rings. The van der Waals surface area contributed by atoms with E-state index >= 15 is 0 Å². The largest absolute Gasteiger partial charge is 0.508 e. The second kappa shape index (κ2) is 4.70. The molecule has 0 spiro atoms. The van der Waals surface area contributed by atoms with Crippen molar-refractivity contribution in [3.8, 4) is 11.5 Å². The molecule has 2 heteroatoms. The molecule has 1 rings (SSSR count). The van der Waals surface area contributed by atoms with Gasteiger partial charge in [-0.25, -0.2) is 0 Å². The zero-order valence-corrected chi connectivity index (χ0v) is 8.82. The number of rotatable bonds is 3. The predicted octanol–water partition coefficient (Wildman–Crippen LogP) is 3.08. The summed E-state index contributed by atoms with van der Waals surface area (Å²) in [6.45, 7) is 4.00. The van der Waals surface area contributed by atoms with Crippen molar-refractivity contribution in [3.63, 3.8) is 0 Å². The van der Waals surface area contributed by atoms with Gasteiger partial charge in [-0.2, -0.15) is 0 Å². The summed E-state index contributed by atoms with van der Waals surface area (Å²) in [5.74, 6) is 1.29. The molecule has 1 aromatic rings. The molecule has 76 valence electrons. The van der Waals surface area contributed by atoms with Crippen LogP contribution < -0.4 is 4.74 Å². The van der Waals surface area contributed by atoms with Crippen LogP contribution in [0.2, 0.25) is 0 Å². The third-order valence-corrected chi connectivity index (χ3v) is 2.21. The van der Waals surface area contributed by atoms with E-state index in [1.165, 1.54) is 0 Å². The van der Waals surface area contributed by atoms with Crippen molar-refractivity contribution in [1.82, 2.24) is 0 Å². The Bertz CT molecular complexity index is 329. The van der Waals surface area contributed by atoms with E-state index in [1.54, 1.807) is 19.2 Å². The maximum atomic E-state index is 9.64. The molecule has 1 N–H and O–H groups in total. The Balaban J connectivity index is 3.05. The summed E-state index contributed by atoms with van der Waals surface area (Å²) in [6, 6.07) is 5.27. The number of hydrogen-bond donors (Lipinski definition) is 1. The normalized spacial score (nSPS) is 13.1. The molecular weight excluding hydrogens is 176 g/mol. The van der Waals surface area contributed by atoms with Crippen LogP contribution in [0.25, 0.3) is 0 Å². The van der Waals surface area contributed by atoms with Gasteiger partial charge in [-0.3, -0.25) is 0 Å². The van der Waals surface area contributed by atoms with Crippen LogP contribution in [-0.2, 0) is 0 Å². The van der Waals surface area contributed by atoms with Crippen molar-refractivity contribution >= 4 is 0 Å². The van der Waals surface area contributed by atoms with Gasteiger partial charge in [0.2, 0.25) is 0 Å². The molecule has 0 unspecified atom stereocenters. The Morgan fingerprint density at radius 1 is 1.43 bits per heavy atom. The van der Waals surface area contributed by atoms with Gasteiger partial charge in [-0.15, -0.1) is 0 Å². The van der Waals surface area contributed by atoms with Crippen LogP contribution >= 0.6 is 0 Å². The van der Waals surface area contributed by atoms with Crippen LogP contribution in [0.3, 0.4) is 0 Å². The van der Waals surface area contributed by atoms with Gasteiger partial charge in [-0.05, 0) is 25.1 Å². The minimum Gasteiger partial charge on any atom is -0.508 e. The Hall–Kier alpha value is -1.44. The lowest BCUT2D eigenvalue weighted by molar-refractivity contribution is 0.410. The lowest BCUT2D eigenvalue weighted by atomic mass is 9.99. The summed E-state index contributed by atoms with van der Waals surface area (Å²) in [7, 11) is 1.62. The number of benzene rings is 1. The van der Waals surface area contributed by atoms with E-state index in [-0.39, 0.29) is 5.92 Å². The van der Waals surface area contributed by atoms with E-state index in [9.17, 15) is 5.11 Å². The van der Waals surface area contributed by atoms with Crippen LogP contribution in [-0.4, -0.2) is 12.2 Å². The molecular formula is C12H16O2. The van der Waals surface area contributed by atoms with Gasteiger partial charge in [0.25, 0.3) is 0 Å². The molecule has 1 aromatic carbocycles. The van der Waals surface area contributed by atoms with E-state index in [0.717, 1.165) is 11.3 Å². The first-order valence-corrected chi connectivity index (χ1v) is 4.68. The average Bonchev–Trinajstić information content (AvgIpc) is 2.19. The van der Waals surface area contributed by atoms with Crippen LogP contribution in [0.4, 0.5) is 0 Å². The number of ether oxygens (including phenoxy) is 1. The summed E-state index contributed by atoms with van der Waals surface area (Å²) in [5.41, 5.74) is 0.891. The monoisotopic (exact) mass is 192 g/mol. The zero-order chi connectivity index (χ0) is 10.6. The molecule has 0 aliphatic heterocycles. The zero-order valence-electron chi connectivity index (χ0n) is 8.82. The van der Waals surface area contributed by atoms with E-state index < -0.39 is 0 Å². The molecule has 0 saturated heterocycles. The van der Waals surface area contributed by atoms with Crippen molar-refractivity contribution in [2.24, 2.45) is 0 Å². The third-order valence-electron chi connectivity index (χ3n) is 2.21. The molecule has 0 saturated carbocycles. The molecule has 1 atom stereocenters. The van der Waals surface area contributed by atoms with Crippen molar-refractivity contribution < 1.29 is 9.84 Å². The topological polar surface area (TPSA) is 29.5 Å². The van der Waals surface area contributed by atoms with Crippen LogP contribution in [0.5, 0.6) is 11.5 Å². The Morgan fingerprint density at radius 3 is 2.71 bits per heavy atom. The Labute approximate surface area is 84.8 Å². The first-order valence-electron chi connectivity index (χ1n) is 4.68. The first-order chi connectivity index (χ1) is 6.69. The summed E-state index contributed by atoms with van der Waals surface area (Å²) in [6.07, 6.45) is 4.01. The van der Waals surface area contributed by atoms with Gasteiger partial charge < -0.3 is 9.84 Å². The third kappa shape index (κ3) is 2.28. The minimum absolute atomic E-state index is 0.204.